The molecule has 0 fully saturated rings. The van der Waals surface area contributed by atoms with Gasteiger partial charge >= 0.3 is 0 Å². The van der Waals surface area contributed by atoms with Crippen molar-refractivity contribution in [2.24, 2.45) is 0 Å². The van der Waals surface area contributed by atoms with Crippen molar-refractivity contribution in [3.05, 3.63) is 164 Å². The monoisotopic (exact) mass is 729 g/mol. The van der Waals surface area contributed by atoms with Gasteiger partial charge in [-0.05, 0) is 59.3 Å². The average molecular weight is 730 g/mol. The normalized spacial score (nSPS) is 12.6. The highest BCUT2D eigenvalue weighted by molar-refractivity contribution is 7.26. The van der Waals surface area contributed by atoms with Crippen molar-refractivity contribution >= 4 is 124 Å². The number of para-hydroxylation sites is 4. The zero-order valence-corrected chi connectivity index (χ0v) is 30.5. The molecule has 0 N–H and O–H groups in total. The van der Waals surface area contributed by atoms with E-state index >= 15 is 0 Å². The molecule has 0 aliphatic heterocycles. The van der Waals surface area contributed by atoms with Gasteiger partial charge in [0.2, 0.25) is 5.95 Å². The van der Waals surface area contributed by atoms with Crippen LogP contribution in [0.2, 0.25) is 0 Å². The molecule has 6 heterocycles. The number of hydrogen-bond acceptors (Lipinski definition) is 3. The van der Waals surface area contributed by atoms with Crippen LogP contribution in [0.3, 0.4) is 0 Å². The second-order valence-electron chi connectivity index (χ2n) is 15.0. The maximum Gasteiger partial charge on any atom is 0.237 e. The van der Waals surface area contributed by atoms with Crippen molar-refractivity contribution in [2.75, 3.05) is 0 Å². The van der Waals surface area contributed by atoms with Crippen LogP contribution in [0.15, 0.2) is 164 Å². The fourth-order valence-corrected chi connectivity index (χ4v) is 11.0. The molecule has 0 saturated heterocycles. The first-order valence-electron chi connectivity index (χ1n) is 19.0. The van der Waals surface area contributed by atoms with Gasteiger partial charge in [-0.2, -0.15) is 4.98 Å². The Morgan fingerprint density at radius 2 is 0.964 bits per heavy atom. The first-order chi connectivity index (χ1) is 27.8. The van der Waals surface area contributed by atoms with Gasteiger partial charge in [-0.3, -0.25) is 9.13 Å². The predicted octanol–water partition coefficient (Wildman–Crippen LogP) is 13.3. The lowest BCUT2D eigenvalue weighted by molar-refractivity contribution is 0.977. The molecule has 0 bridgehead atoms. The van der Waals surface area contributed by atoms with Crippen molar-refractivity contribution in [1.82, 2.24) is 23.5 Å². The Kier molecular flexibility index (Phi) is 5.34. The van der Waals surface area contributed by atoms with Gasteiger partial charge in [-0.15, -0.1) is 11.3 Å². The average Bonchev–Trinajstić information content (AvgIpc) is 4.04. The van der Waals surface area contributed by atoms with Gasteiger partial charge in [0, 0.05) is 53.2 Å². The van der Waals surface area contributed by atoms with E-state index in [-0.39, 0.29) is 0 Å². The third-order valence-corrected chi connectivity index (χ3v) is 13.3. The molecule has 0 amide bonds. The van der Waals surface area contributed by atoms with E-state index in [1.54, 1.807) is 11.3 Å². The predicted molar refractivity (Wildman–Crippen MR) is 236 cm³/mol. The minimum atomic E-state index is 0.664. The molecule has 0 aliphatic rings. The van der Waals surface area contributed by atoms with E-state index in [4.69, 9.17) is 9.97 Å². The number of nitrogens with zero attached hydrogens (tertiary/aromatic N) is 5. The van der Waals surface area contributed by atoms with E-state index in [1.807, 2.05) is 0 Å². The summed E-state index contributed by atoms with van der Waals surface area (Å²) in [6, 6.07) is 59.6. The number of aromatic nitrogens is 5. The summed E-state index contributed by atoms with van der Waals surface area (Å²) in [6.45, 7) is 0. The van der Waals surface area contributed by atoms with Gasteiger partial charge in [-0.25, -0.2) is 4.98 Å². The summed E-state index contributed by atoms with van der Waals surface area (Å²) < 4.78 is 9.46. The third-order valence-electron chi connectivity index (χ3n) is 12.1. The van der Waals surface area contributed by atoms with Gasteiger partial charge in [0.1, 0.15) is 0 Å². The van der Waals surface area contributed by atoms with Crippen molar-refractivity contribution in [2.45, 2.75) is 0 Å². The summed E-state index contributed by atoms with van der Waals surface area (Å²) in [5.41, 5.74) is 9.15. The van der Waals surface area contributed by atoms with Crippen LogP contribution >= 0.6 is 11.3 Å². The van der Waals surface area contributed by atoms with Crippen LogP contribution in [-0.4, -0.2) is 23.5 Å². The second kappa shape index (κ2) is 10.3. The molecule has 6 heteroatoms. The number of fused-ring (bicyclic) bond motifs is 17. The van der Waals surface area contributed by atoms with Crippen LogP contribution in [0.1, 0.15) is 0 Å². The minimum Gasteiger partial charge on any atom is -0.308 e. The van der Waals surface area contributed by atoms with Crippen LogP contribution < -0.4 is 0 Å². The number of rotatable bonds is 2. The molecule has 0 unspecified atom stereocenters. The molecular formula is C50H27N5S. The minimum absolute atomic E-state index is 0.664. The number of thiophene rings is 1. The Morgan fingerprint density at radius 3 is 1.70 bits per heavy atom. The van der Waals surface area contributed by atoms with Gasteiger partial charge in [-0.1, -0.05) is 115 Å². The molecule has 0 atom stereocenters. The van der Waals surface area contributed by atoms with Crippen LogP contribution in [-0.2, 0) is 0 Å². The first-order valence-corrected chi connectivity index (χ1v) is 19.8. The van der Waals surface area contributed by atoms with E-state index in [2.05, 4.69) is 177 Å². The van der Waals surface area contributed by atoms with Crippen molar-refractivity contribution in [3.8, 4) is 11.8 Å². The molecule has 0 radical (unpaired) electrons. The fourth-order valence-electron chi connectivity index (χ4n) is 9.88. The maximum absolute atomic E-state index is 5.72. The Bertz CT molecular complexity index is 3960. The fraction of sp³-hybridized carbons (Fsp3) is 0. The van der Waals surface area contributed by atoms with Gasteiger partial charge in [0.05, 0.1) is 48.8 Å². The van der Waals surface area contributed by atoms with Crippen molar-refractivity contribution in [3.63, 3.8) is 0 Å². The van der Waals surface area contributed by atoms with Gasteiger partial charge in [0.15, 0.2) is 5.82 Å². The van der Waals surface area contributed by atoms with E-state index in [9.17, 15) is 0 Å². The number of hydrogen-bond donors (Lipinski definition) is 0. The highest BCUT2D eigenvalue weighted by Gasteiger charge is 2.27. The first kappa shape index (κ1) is 29.1. The topological polar surface area (TPSA) is 40.0 Å². The van der Waals surface area contributed by atoms with E-state index in [0.29, 0.717) is 5.95 Å². The van der Waals surface area contributed by atoms with Crippen LogP contribution in [0.25, 0.3) is 125 Å². The van der Waals surface area contributed by atoms with Crippen molar-refractivity contribution < 1.29 is 0 Å². The zero-order chi connectivity index (χ0) is 36.2. The Morgan fingerprint density at radius 1 is 0.393 bits per heavy atom. The summed E-state index contributed by atoms with van der Waals surface area (Å²) in [5.74, 6) is 1.56. The Hall–Kier alpha value is -7.28. The maximum atomic E-state index is 5.72. The summed E-state index contributed by atoms with van der Waals surface area (Å²) in [6.07, 6.45) is 0. The molecule has 0 saturated carbocycles. The third kappa shape index (κ3) is 3.51. The molecule has 6 aromatic heterocycles. The highest BCUT2D eigenvalue weighted by Crippen LogP contribution is 2.48. The Labute approximate surface area is 321 Å². The summed E-state index contributed by atoms with van der Waals surface area (Å²) in [4.78, 5) is 11.2. The van der Waals surface area contributed by atoms with Gasteiger partial charge < -0.3 is 4.40 Å². The van der Waals surface area contributed by atoms with Gasteiger partial charge in [0.25, 0.3) is 0 Å². The smallest absolute Gasteiger partial charge is 0.237 e. The van der Waals surface area contributed by atoms with Crippen molar-refractivity contribution in [1.29, 1.82) is 0 Å². The molecule has 258 valence electrons. The molecular weight excluding hydrogens is 703 g/mol. The second-order valence-corrected chi connectivity index (χ2v) is 16.0. The van der Waals surface area contributed by atoms with E-state index < -0.39 is 0 Å². The molecule has 14 aromatic rings. The highest BCUT2D eigenvalue weighted by atomic mass is 32.1. The van der Waals surface area contributed by atoms with E-state index in [0.717, 1.165) is 43.5 Å². The zero-order valence-electron chi connectivity index (χ0n) is 29.7. The summed E-state index contributed by atoms with van der Waals surface area (Å²) in [7, 11) is 0. The largest absolute Gasteiger partial charge is 0.308 e. The molecule has 56 heavy (non-hydrogen) atoms. The van der Waals surface area contributed by atoms with Crippen LogP contribution in [0.5, 0.6) is 0 Å². The molecule has 8 aromatic carbocycles. The SMILES string of the molecule is c1ccc2cc3c(cc2c1)c1c2c4ccccc4n4c5ccccc5c(cc1n3-c1nc(-n3c5ccccc5c5ccccc53)nc3c1sc1ccccc13)c24. The Balaban J connectivity index is 1.25. The standard InChI is InChI=1S/C50H27N5S/c1-2-14-29-26-41-36(25-28(29)13-1)44-42(27-35-32-17-5-8-20-37(32)53-40-23-11-6-18-33(40)45(44)47(35)53)54(41)49-48-46(34-19-7-12-24-43(34)56-48)51-50(52-49)55-38-21-9-3-15-30(38)31-16-4-10-22-39(31)55/h1-27H. The summed E-state index contributed by atoms with van der Waals surface area (Å²) in [5, 5.41) is 13.4. The van der Waals surface area contributed by atoms with Crippen LogP contribution in [0, 0.1) is 0 Å². The molecule has 0 spiro atoms. The van der Waals surface area contributed by atoms with Crippen LogP contribution in [0.4, 0.5) is 0 Å². The molecule has 14 rings (SSSR count). The van der Waals surface area contributed by atoms with E-state index in [1.165, 1.54) is 75.1 Å². The molecule has 0 aliphatic carbocycles. The lowest BCUT2D eigenvalue weighted by Gasteiger charge is -2.13. The lowest BCUT2D eigenvalue weighted by atomic mass is 10.0. The number of benzene rings is 8. The summed E-state index contributed by atoms with van der Waals surface area (Å²) >= 11 is 1.78. The molecule has 5 nitrogen and oxygen atoms in total. The quantitative estimate of drug-likeness (QED) is 0.178. The lowest BCUT2D eigenvalue weighted by Crippen LogP contribution is -2.06.